The quantitative estimate of drug-likeness (QED) is 0.669. The van der Waals surface area contributed by atoms with Crippen LogP contribution in [0.2, 0.25) is 0 Å². The van der Waals surface area contributed by atoms with Gasteiger partial charge < -0.3 is 5.73 Å². The molecule has 0 aliphatic rings. The van der Waals surface area contributed by atoms with Crippen molar-refractivity contribution in [3.8, 4) is 0 Å². The Morgan fingerprint density at radius 1 is 1.67 bits per heavy atom. The monoisotopic (exact) mass is 294 g/mol. The lowest BCUT2D eigenvalue weighted by Gasteiger charge is -1.96. The fraction of sp³-hybridized carbons (Fsp3) is 0.143. The van der Waals surface area contributed by atoms with E-state index in [1.807, 2.05) is 0 Å². The summed E-state index contributed by atoms with van der Waals surface area (Å²) in [7, 11) is 0. The van der Waals surface area contributed by atoms with Crippen LogP contribution >= 0.6 is 32.9 Å². The van der Waals surface area contributed by atoms with E-state index in [-0.39, 0.29) is 22.8 Å². The van der Waals surface area contributed by atoms with E-state index in [1.54, 1.807) is 12.1 Å². The molecule has 2 N–H and O–H groups in total. The normalized spacial score (nSPS) is 8.75. The van der Waals surface area contributed by atoms with Crippen LogP contribution < -0.4 is 5.73 Å². The minimum Gasteiger partial charge on any atom is -0.384 e. The number of hydrogen-bond acceptors (Lipinski definition) is 3. The van der Waals surface area contributed by atoms with Gasteiger partial charge >= 0.3 is 0 Å². The van der Waals surface area contributed by atoms with Crippen molar-refractivity contribution in [3.63, 3.8) is 0 Å². The van der Waals surface area contributed by atoms with Gasteiger partial charge in [0.2, 0.25) is 0 Å². The molecule has 0 saturated heterocycles. The van der Waals surface area contributed by atoms with E-state index >= 15 is 0 Å². The highest BCUT2D eigenvalue weighted by molar-refractivity contribution is 9.09. The Bertz CT molecular complexity index is 278. The largest absolute Gasteiger partial charge is 0.384 e. The van der Waals surface area contributed by atoms with Gasteiger partial charge in [-0.1, -0.05) is 15.9 Å². The molecule has 0 aliphatic heterocycles. The van der Waals surface area contributed by atoms with Gasteiger partial charge in [0.1, 0.15) is 5.82 Å². The molecule has 1 aromatic rings. The Kier molecular flexibility index (Phi) is 5.08. The van der Waals surface area contributed by atoms with Crippen molar-refractivity contribution in [1.82, 2.24) is 4.98 Å². The van der Waals surface area contributed by atoms with Crippen LogP contribution in [0.1, 0.15) is 10.4 Å². The number of alkyl halides is 1. The molecular weight excluding hydrogens is 288 g/mol. The van der Waals surface area contributed by atoms with E-state index in [9.17, 15) is 4.79 Å². The molecule has 0 aliphatic carbocycles. The van der Waals surface area contributed by atoms with Crippen molar-refractivity contribution in [2.24, 2.45) is 0 Å². The topological polar surface area (TPSA) is 56.0 Å². The second-order valence-corrected chi connectivity index (χ2v) is 2.59. The molecule has 0 fully saturated rings. The first-order valence-electron chi connectivity index (χ1n) is 3.04. The van der Waals surface area contributed by atoms with E-state index in [1.165, 1.54) is 6.20 Å². The highest BCUT2D eigenvalue weighted by atomic mass is 79.9. The van der Waals surface area contributed by atoms with Crippen molar-refractivity contribution in [2.45, 2.75) is 0 Å². The van der Waals surface area contributed by atoms with Gasteiger partial charge in [0.15, 0.2) is 5.78 Å². The molecule has 1 aromatic heterocycles. The number of carbonyl (C=O) groups excluding carboxylic acids is 1. The Labute approximate surface area is 89.3 Å². The number of pyridine rings is 1. The number of Topliss-reactive ketones (excluding diaryl/α,β-unsaturated/α-hetero) is 1. The third-order valence-corrected chi connectivity index (χ3v) is 1.73. The van der Waals surface area contributed by atoms with Crippen LogP contribution in [0.5, 0.6) is 0 Å². The number of nitrogens with two attached hydrogens (primary N) is 1. The lowest BCUT2D eigenvalue weighted by atomic mass is 10.2. The molecular formula is C7H8Br2N2O. The van der Waals surface area contributed by atoms with Crippen LogP contribution in [0.25, 0.3) is 0 Å². The number of aromatic nitrogens is 1. The second kappa shape index (κ2) is 5.27. The van der Waals surface area contributed by atoms with Gasteiger partial charge in [-0.2, -0.15) is 0 Å². The fourth-order valence-electron chi connectivity index (χ4n) is 0.699. The number of anilines is 1. The first kappa shape index (κ1) is 11.6. The average molecular weight is 296 g/mol. The van der Waals surface area contributed by atoms with E-state index < -0.39 is 0 Å². The Hall–Kier alpha value is -0.420. The number of halogens is 2. The van der Waals surface area contributed by atoms with E-state index in [0.29, 0.717) is 16.7 Å². The molecule has 66 valence electrons. The maximum absolute atomic E-state index is 11.0. The highest BCUT2D eigenvalue weighted by Gasteiger charge is 2.02. The number of ketones is 1. The molecule has 1 rings (SSSR count). The van der Waals surface area contributed by atoms with Crippen LogP contribution in [-0.4, -0.2) is 16.1 Å². The molecule has 12 heavy (non-hydrogen) atoms. The minimum atomic E-state index is 0. The minimum absolute atomic E-state index is 0. The fourth-order valence-corrected chi connectivity index (χ4v) is 1.02. The van der Waals surface area contributed by atoms with Gasteiger partial charge in [0.05, 0.1) is 5.33 Å². The number of hydrogen-bond donors (Lipinski definition) is 1. The summed E-state index contributed by atoms with van der Waals surface area (Å²) in [5, 5.41) is 0.316. The Morgan fingerprint density at radius 3 is 2.83 bits per heavy atom. The zero-order chi connectivity index (χ0) is 8.27. The first-order chi connectivity index (χ1) is 5.24. The molecule has 0 saturated carbocycles. The van der Waals surface area contributed by atoms with Gasteiger partial charge in [-0.25, -0.2) is 4.98 Å². The van der Waals surface area contributed by atoms with Crippen LogP contribution in [0.4, 0.5) is 5.82 Å². The summed E-state index contributed by atoms with van der Waals surface area (Å²) in [4.78, 5) is 14.8. The summed E-state index contributed by atoms with van der Waals surface area (Å²) < 4.78 is 0. The van der Waals surface area contributed by atoms with Crippen LogP contribution in [0.15, 0.2) is 18.3 Å². The Morgan fingerprint density at radius 2 is 2.33 bits per heavy atom. The molecule has 5 heteroatoms. The third kappa shape index (κ3) is 2.91. The number of nitrogens with zero attached hydrogens (tertiary/aromatic N) is 1. The molecule has 0 spiro atoms. The van der Waals surface area contributed by atoms with E-state index in [2.05, 4.69) is 20.9 Å². The molecule has 0 radical (unpaired) electrons. The predicted molar refractivity (Wildman–Crippen MR) is 57.1 cm³/mol. The van der Waals surface area contributed by atoms with Gasteiger partial charge in [-0.15, -0.1) is 17.0 Å². The second-order valence-electron chi connectivity index (χ2n) is 2.03. The van der Waals surface area contributed by atoms with Crippen molar-refractivity contribution in [2.75, 3.05) is 11.1 Å². The smallest absolute Gasteiger partial charge is 0.173 e. The zero-order valence-electron chi connectivity index (χ0n) is 6.16. The predicted octanol–water partition coefficient (Wildman–Crippen LogP) is 1.82. The summed E-state index contributed by atoms with van der Waals surface area (Å²) in [6.07, 6.45) is 1.52. The van der Waals surface area contributed by atoms with Crippen molar-refractivity contribution in [1.29, 1.82) is 0 Å². The molecule has 0 amide bonds. The van der Waals surface area contributed by atoms with Crippen LogP contribution in [0, 0.1) is 0 Å². The van der Waals surface area contributed by atoms with Crippen molar-refractivity contribution >= 4 is 44.5 Å². The summed E-state index contributed by atoms with van der Waals surface area (Å²) in [5.41, 5.74) is 5.96. The van der Waals surface area contributed by atoms with Gasteiger partial charge in [0, 0.05) is 11.8 Å². The lowest BCUT2D eigenvalue weighted by molar-refractivity contribution is 0.102. The highest BCUT2D eigenvalue weighted by Crippen LogP contribution is 2.04. The van der Waals surface area contributed by atoms with Crippen molar-refractivity contribution < 1.29 is 4.79 Å². The average Bonchev–Trinajstić information content (AvgIpc) is 2.03. The van der Waals surface area contributed by atoms with Crippen LogP contribution in [-0.2, 0) is 0 Å². The summed E-state index contributed by atoms with van der Waals surface area (Å²) in [6, 6.07) is 3.20. The van der Waals surface area contributed by atoms with Crippen molar-refractivity contribution in [3.05, 3.63) is 23.9 Å². The summed E-state index contributed by atoms with van der Waals surface area (Å²) in [5.74, 6) is 0.385. The molecule has 0 aromatic carbocycles. The van der Waals surface area contributed by atoms with Gasteiger partial charge in [-0.3, -0.25) is 4.79 Å². The molecule has 0 unspecified atom stereocenters. The van der Waals surface area contributed by atoms with Gasteiger partial charge in [-0.05, 0) is 12.1 Å². The molecule has 0 atom stereocenters. The lowest BCUT2D eigenvalue weighted by Crippen LogP contribution is -2.01. The molecule has 1 heterocycles. The number of rotatable bonds is 2. The number of nitrogen functional groups attached to an aromatic ring is 1. The van der Waals surface area contributed by atoms with Gasteiger partial charge in [0.25, 0.3) is 0 Å². The standard InChI is InChI=1S/C7H7BrN2O.BrH/c8-4-6(11)5-1-2-10-7(9)3-5;/h1-3H,4H2,(H2,9,10);1H. The summed E-state index contributed by atoms with van der Waals surface area (Å²) >= 11 is 3.07. The SMILES string of the molecule is Br.Nc1cc(C(=O)CBr)ccn1. The van der Waals surface area contributed by atoms with E-state index in [0.717, 1.165) is 0 Å². The third-order valence-electron chi connectivity index (χ3n) is 1.22. The summed E-state index contributed by atoms with van der Waals surface area (Å²) in [6.45, 7) is 0. The van der Waals surface area contributed by atoms with Crippen LogP contribution in [0.3, 0.4) is 0 Å². The Balaban J connectivity index is 0.00000121. The van der Waals surface area contributed by atoms with E-state index in [4.69, 9.17) is 5.73 Å². The number of carbonyl (C=O) groups is 1. The maximum Gasteiger partial charge on any atom is 0.173 e. The zero-order valence-corrected chi connectivity index (χ0v) is 9.46. The molecule has 3 nitrogen and oxygen atoms in total. The first-order valence-corrected chi connectivity index (χ1v) is 4.17. The maximum atomic E-state index is 11.0. The molecule has 0 bridgehead atoms.